The Hall–Kier alpha value is -0.570. The predicted octanol–water partition coefficient (Wildman–Crippen LogP) is 2.60. The van der Waals surface area contributed by atoms with Gasteiger partial charge in [0.2, 0.25) is 0 Å². The maximum atomic E-state index is 12.1. The van der Waals surface area contributed by atoms with Crippen LogP contribution in [-0.2, 0) is 9.53 Å². The Balaban J connectivity index is 2.81. The van der Waals surface area contributed by atoms with Gasteiger partial charge in [-0.1, -0.05) is 27.7 Å². The van der Waals surface area contributed by atoms with Gasteiger partial charge < -0.3 is 10.1 Å². The molecule has 0 aromatic heterocycles. The van der Waals surface area contributed by atoms with Crippen LogP contribution < -0.4 is 5.32 Å². The quantitative estimate of drug-likeness (QED) is 0.769. The molecule has 0 saturated heterocycles. The van der Waals surface area contributed by atoms with Crippen molar-refractivity contribution in [1.82, 2.24) is 5.32 Å². The van der Waals surface area contributed by atoms with Gasteiger partial charge in [0.1, 0.15) is 5.54 Å². The van der Waals surface area contributed by atoms with Gasteiger partial charge in [0.25, 0.3) is 0 Å². The van der Waals surface area contributed by atoms with Crippen LogP contribution >= 0.6 is 0 Å². The number of esters is 1. The zero-order valence-electron chi connectivity index (χ0n) is 11.9. The highest BCUT2D eigenvalue weighted by molar-refractivity contribution is 5.81. The van der Waals surface area contributed by atoms with Crippen LogP contribution in [0, 0.1) is 17.8 Å². The Labute approximate surface area is 105 Å². The van der Waals surface area contributed by atoms with Crippen LogP contribution in [0.1, 0.15) is 47.0 Å². The zero-order valence-corrected chi connectivity index (χ0v) is 11.9. The second-order valence-corrected chi connectivity index (χ2v) is 6.02. The minimum Gasteiger partial charge on any atom is -0.468 e. The number of hydrogen-bond donors (Lipinski definition) is 1. The molecular formula is C14H27NO2. The van der Waals surface area contributed by atoms with Gasteiger partial charge in [-0.05, 0) is 43.6 Å². The third kappa shape index (κ3) is 3.21. The maximum absolute atomic E-state index is 12.1. The number of nitrogens with one attached hydrogen (secondary N) is 1. The number of hydrogen-bond acceptors (Lipinski definition) is 3. The van der Waals surface area contributed by atoms with E-state index in [9.17, 15) is 4.79 Å². The first-order valence-corrected chi connectivity index (χ1v) is 6.75. The molecule has 1 saturated carbocycles. The summed E-state index contributed by atoms with van der Waals surface area (Å²) in [6, 6.07) is 0. The molecule has 1 aliphatic carbocycles. The first-order valence-electron chi connectivity index (χ1n) is 6.75. The summed E-state index contributed by atoms with van der Waals surface area (Å²) in [4.78, 5) is 12.1. The van der Waals surface area contributed by atoms with Crippen LogP contribution in [0.25, 0.3) is 0 Å². The SMILES string of the molecule is COC(=O)C1(NCC(C)C)CCC(C)CC1C. The summed E-state index contributed by atoms with van der Waals surface area (Å²) in [5.74, 6) is 1.52. The fraction of sp³-hybridized carbons (Fsp3) is 0.929. The Morgan fingerprint density at radius 2 is 2.12 bits per heavy atom. The van der Waals surface area contributed by atoms with E-state index in [0.29, 0.717) is 17.8 Å². The van der Waals surface area contributed by atoms with Crippen molar-refractivity contribution in [3.05, 3.63) is 0 Å². The molecule has 3 nitrogen and oxygen atoms in total. The van der Waals surface area contributed by atoms with E-state index in [-0.39, 0.29) is 5.97 Å². The van der Waals surface area contributed by atoms with Gasteiger partial charge in [0.15, 0.2) is 0 Å². The number of methoxy groups -OCH3 is 1. The molecular weight excluding hydrogens is 214 g/mol. The summed E-state index contributed by atoms with van der Waals surface area (Å²) in [5.41, 5.74) is -0.453. The minimum atomic E-state index is -0.453. The van der Waals surface area contributed by atoms with Gasteiger partial charge >= 0.3 is 5.97 Å². The van der Waals surface area contributed by atoms with Crippen LogP contribution in [0.3, 0.4) is 0 Å². The van der Waals surface area contributed by atoms with Crippen molar-refractivity contribution in [3.63, 3.8) is 0 Å². The molecule has 0 aromatic carbocycles. The van der Waals surface area contributed by atoms with Crippen LogP contribution in [-0.4, -0.2) is 25.2 Å². The maximum Gasteiger partial charge on any atom is 0.326 e. The van der Waals surface area contributed by atoms with Gasteiger partial charge in [0, 0.05) is 0 Å². The molecule has 0 bridgehead atoms. The smallest absolute Gasteiger partial charge is 0.326 e. The first kappa shape index (κ1) is 14.5. The molecule has 3 unspecified atom stereocenters. The Morgan fingerprint density at radius 3 is 2.59 bits per heavy atom. The second-order valence-electron chi connectivity index (χ2n) is 6.02. The minimum absolute atomic E-state index is 0.0856. The number of rotatable bonds is 4. The van der Waals surface area contributed by atoms with Crippen molar-refractivity contribution in [3.8, 4) is 0 Å². The van der Waals surface area contributed by atoms with Gasteiger partial charge in [-0.25, -0.2) is 0 Å². The molecule has 1 aliphatic rings. The van der Waals surface area contributed by atoms with E-state index in [1.807, 2.05) is 0 Å². The van der Waals surface area contributed by atoms with E-state index in [2.05, 4.69) is 33.0 Å². The summed E-state index contributed by atoms with van der Waals surface area (Å²) in [6.45, 7) is 9.62. The van der Waals surface area contributed by atoms with Crippen molar-refractivity contribution in [2.75, 3.05) is 13.7 Å². The molecule has 3 atom stereocenters. The van der Waals surface area contributed by atoms with E-state index in [1.165, 1.54) is 7.11 Å². The number of carbonyl (C=O) groups excluding carboxylic acids is 1. The average molecular weight is 241 g/mol. The molecule has 1 fully saturated rings. The van der Waals surface area contributed by atoms with Crippen molar-refractivity contribution < 1.29 is 9.53 Å². The van der Waals surface area contributed by atoms with Crippen molar-refractivity contribution >= 4 is 5.97 Å². The van der Waals surface area contributed by atoms with Crippen molar-refractivity contribution in [1.29, 1.82) is 0 Å². The molecule has 0 radical (unpaired) electrons. The highest BCUT2D eigenvalue weighted by atomic mass is 16.5. The van der Waals surface area contributed by atoms with E-state index in [4.69, 9.17) is 4.74 Å². The van der Waals surface area contributed by atoms with E-state index < -0.39 is 5.54 Å². The fourth-order valence-corrected chi connectivity index (χ4v) is 2.85. The molecule has 3 heteroatoms. The molecule has 17 heavy (non-hydrogen) atoms. The molecule has 1 rings (SSSR count). The molecule has 1 N–H and O–H groups in total. The summed E-state index contributed by atoms with van der Waals surface area (Å²) >= 11 is 0. The van der Waals surface area contributed by atoms with Gasteiger partial charge in [-0.3, -0.25) is 4.79 Å². The topological polar surface area (TPSA) is 38.3 Å². The zero-order chi connectivity index (χ0) is 13.1. The van der Waals surface area contributed by atoms with Crippen LogP contribution in [0.4, 0.5) is 0 Å². The van der Waals surface area contributed by atoms with Crippen LogP contribution in [0.2, 0.25) is 0 Å². The predicted molar refractivity (Wildman–Crippen MR) is 69.8 cm³/mol. The first-order chi connectivity index (χ1) is 7.92. The Kier molecular flexibility index (Phi) is 4.99. The van der Waals surface area contributed by atoms with Crippen LogP contribution in [0.5, 0.6) is 0 Å². The summed E-state index contributed by atoms with van der Waals surface area (Å²) in [6.07, 6.45) is 3.10. The fourth-order valence-electron chi connectivity index (χ4n) is 2.85. The Bertz CT molecular complexity index is 265. The standard InChI is InChI=1S/C14H27NO2/c1-10(2)9-15-14(13(16)17-5)7-6-11(3)8-12(14)4/h10-12,15H,6-9H2,1-5H3. The normalized spacial score (nSPS) is 33.8. The summed E-state index contributed by atoms with van der Waals surface area (Å²) in [5, 5.41) is 3.48. The molecule has 0 aliphatic heterocycles. The second kappa shape index (κ2) is 5.85. The monoisotopic (exact) mass is 241 g/mol. The lowest BCUT2D eigenvalue weighted by atomic mass is 9.69. The van der Waals surface area contributed by atoms with Crippen LogP contribution in [0.15, 0.2) is 0 Å². The third-order valence-electron chi connectivity index (χ3n) is 4.00. The molecule has 0 spiro atoms. The van der Waals surface area contributed by atoms with E-state index in [1.54, 1.807) is 0 Å². The summed E-state index contributed by atoms with van der Waals surface area (Å²) in [7, 11) is 1.49. The van der Waals surface area contributed by atoms with E-state index in [0.717, 1.165) is 25.8 Å². The molecule has 100 valence electrons. The summed E-state index contributed by atoms with van der Waals surface area (Å²) < 4.78 is 5.03. The van der Waals surface area contributed by atoms with Gasteiger partial charge in [-0.2, -0.15) is 0 Å². The molecule has 0 heterocycles. The third-order valence-corrected chi connectivity index (χ3v) is 4.00. The lowest BCUT2D eigenvalue weighted by molar-refractivity contribution is -0.153. The number of carbonyl (C=O) groups is 1. The highest BCUT2D eigenvalue weighted by Crippen LogP contribution is 2.37. The molecule has 0 amide bonds. The average Bonchev–Trinajstić information content (AvgIpc) is 2.27. The Morgan fingerprint density at radius 1 is 1.47 bits per heavy atom. The van der Waals surface area contributed by atoms with Crippen molar-refractivity contribution in [2.24, 2.45) is 17.8 Å². The van der Waals surface area contributed by atoms with Crippen molar-refractivity contribution in [2.45, 2.75) is 52.5 Å². The largest absolute Gasteiger partial charge is 0.468 e. The molecule has 0 aromatic rings. The number of ether oxygens (including phenoxy) is 1. The lowest BCUT2D eigenvalue weighted by Crippen LogP contribution is -2.60. The van der Waals surface area contributed by atoms with E-state index >= 15 is 0 Å². The van der Waals surface area contributed by atoms with Gasteiger partial charge in [-0.15, -0.1) is 0 Å². The van der Waals surface area contributed by atoms with Gasteiger partial charge in [0.05, 0.1) is 7.11 Å². The lowest BCUT2D eigenvalue weighted by Gasteiger charge is -2.43. The highest BCUT2D eigenvalue weighted by Gasteiger charge is 2.46.